The van der Waals surface area contributed by atoms with Crippen molar-refractivity contribution in [1.82, 2.24) is 10.1 Å². The first-order chi connectivity index (χ1) is 9.58. The van der Waals surface area contributed by atoms with Gasteiger partial charge in [0.15, 0.2) is 5.82 Å². The number of rotatable bonds is 6. The van der Waals surface area contributed by atoms with Crippen LogP contribution in [0.4, 0.5) is 5.69 Å². The Bertz CT molecular complexity index is 569. The Morgan fingerprint density at radius 3 is 2.85 bits per heavy atom. The summed E-state index contributed by atoms with van der Waals surface area (Å²) in [5, 5.41) is 7.68. The van der Waals surface area contributed by atoms with Gasteiger partial charge in [-0.15, -0.1) is 0 Å². The van der Waals surface area contributed by atoms with Gasteiger partial charge >= 0.3 is 0 Å². The Balaban J connectivity index is 1.94. The molecule has 0 saturated carbocycles. The number of hydrogen-bond donors (Lipinski definition) is 1. The Morgan fingerprint density at radius 1 is 1.40 bits per heavy atom. The van der Waals surface area contributed by atoms with E-state index in [2.05, 4.69) is 29.3 Å². The summed E-state index contributed by atoms with van der Waals surface area (Å²) < 4.78 is 10.3. The van der Waals surface area contributed by atoms with E-state index in [1.54, 1.807) is 13.2 Å². The highest BCUT2D eigenvalue weighted by Crippen LogP contribution is 2.27. The van der Waals surface area contributed by atoms with Gasteiger partial charge in [-0.1, -0.05) is 30.6 Å². The van der Waals surface area contributed by atoms with Crippen LogP contribution in [0, 0.1) is 5.92 Å². The zero-order valence-corrected chi connectivity index (χ0v) is 12.6. The van der Waals surface area contributed by atoms with Crippen LogP contribution in [0.25, 0.3) is 0 Å². The highest BCUT2D eigenvalue weighted by molar-refractivity contribution is 6.32. The maximum atomic E-state index is 6.06. The molecule has 1 N–H and O–H groups in total. The van der Waals surface area contributed by atoms with Crippen molar-refractivity contribution in [3.63, 3.8) is 0 Å². The molecule has 108 valence electrons. The number of halogens is 1. The van der Waals surface area contributed by atoms with Gasteiger partial charge in [0, 0.05) is 12.1 Å². The van der Waals surface area contributed by atoms with Crippen LogP contribution in [0.1, 0.15) is 25.6 Å². The van der Waals surface area contributed by atoms with Crippen molar-refractivity contribution in [1.29, 1.82) is 0 Å². The van der Waals surface area contributed by atoms with Gasteiger partial charge < -0.3 is 14.6 Å². The lowest BCUT2D eigenvalue weighted by Crippen LogP contribution is -2.01. The predicted molar refractivity (Wildman–Crippen MR) is 78.2 cm³/mol. The van der Waals surface area contributed by atoms with E-state index in [1.807, 2.05) is 12.1 Å². The lowest BCUT2D eigenvalue weighted by Gasteiger charge is -2.07. The van der Waals surface area contributed by atoms with E-state index in [4.69, 9.17) is 20.9 Å². The van der Waals surface area contributed by atoms with E-state index >= 15 is 0 Å². The maximum Gasteiger partial charge on any atom is 0.245 e. The molecule has 0 bridgehead atoms. The van der Waals surface area contributed by atoms with E-state index in [1.165, 1.54) is 0 Å². The molecule has 2 aromatic rings. The van der Waals surface area contributed by atoms with Gasteiger partial charge in [0.2, 0.25) is 5.89 Å². The average molecular weight is 296 g/mol. The third-order valence-corrected chi connectivity index (χ3v) is 2.99. The minimum atomic E-state index is 0.466. The van der Waals surface area contributed by atoms with Crippen LogP contribution in [0.2, 0.25) is 5.02 Å². The van der Waals surface area contributed by atoms with Crippen LogP contribution in [0.5, 0.6) is 5.75 Å². The second kappa shape index (κ2) is 6.61. The quantitative estimate of drug-likeness (QED) is 0.883. The number of aromatic nitrogens is 2. The van der Waals surface area contributed by atoms with E-state index in [0.29, 0.717) is 29.1 Å². The summed E-state index contributed by atoms with van der Waals surface area (Å²) in [6.07, 6.45) is 0.817. The predicted octanol–water partition coefficient (Wildman–Crippen LogP) is 3.54. The molecule has 5 nitrogen and oxygen atoms in total. The molecule has 0 saturated heterocycles. The lowest BCUT2D eigenvalue weighted by atomic mass is 10.1. The highest BCUT2D eigenvalue weighted by Gasteiger charge is 2.08. The van der Waals surface area contributed by atoms with Crippen LogP contribution >= 0.6 is 11.6 Å². The van der Waals surface area contributed by atoms with Gasteiger partial charge in [-0.2, -0.15) is 4.98 Å². The van der Waals surface area contributed by atoms with Crippen LogP contribution < -0.4 is 10.1 Å². The van der Waals surface area contributed by atoms with Gasteiger partial charge in [0.25, 0.3) is 0 Å². The van der Waals surface area contributed by atoms with Gasteiger partial charge in [-0.25, -0.2) is 0 Å². The summed E-state index contributed by atoms with van der Waals surface area (Å²) in [7, 11) is 1.59. The first-order valence-corrected chi connectivity index (χ1v) is 6.85. The fraction of sp³-hybridized carbons (Fsp3) is 0.429. The van der Waals surface area contributed by atoms with Crippen LogP contribution in [-0.2, 0) is 13.0 Å². The number of hydrogen-bond acceptors (Lipinski definition) is 5. The zero-order valence-electron chi connectivity index (χ0n) is 11.8. The molecule has 2 rings (SSSR count). The molecule has 0 aliphatic rings. The third kappa shape index (κ3) is 3.87. The second-order valence-corrected chi connectivity index (χ2v) is 5.31. The van der Waals surface area contributed by atoms with Crippen LogP contribution in [0.3, 0.4) is 0 Å². The minimum absolute atomic E-state index is 0.466. The summed E-state index contributed by atoms with van der Waals surface area (Å²) in [6, 6.07) is 5.49. The second-order valence-electron chi connectivity index (χ2n) is 4.91. The van der Waals surface area contributed by atoms with Crippen molar-refractivity contribution in [2.24, 2.45) is 5.92 Å². The topological polar surface area (TPSA) is 60.2 Å². The number of benzene rings is 1. The fourth-order valence-electron chi connectivity index (χ4n) is 1.76. The molecule has 20 heavy (non-hydrogen) atoms. The van der Waals surface area contributed by atoms with Crippen molar-refractivity contribution in [2.75, 3.05) is 12.4 Å². The largest absolute Gasteiger partial charge is 0.495 e. The number of methoxy groups -OCH3 is 1. The first kappa shape index (κ1) is 14.7. The molecule has 0 aliphatic carbocycles. The van der Waals surface area contributed by atoms with E-state index in [0.717, 1.165) is 17.9 Å². The molecule has 0 spiro atoms. The molecule has 0 amide bonds. The Labute approximate surface area is 123 Å². The van der Waals surface area contributed by atoms with Gasteiger partial charge in [0.1, 0.15) is 5.75 Å². The van der Waals surface area contributed by atoms with Crippen molar-refractivity contribution >= 4 is 17.3 Å². The molecule has 0 atom stereocenters. The zero-order chi connectivity index (χ0) is 14.5. The molecule has 0 unspecified atom stereocenters. The summed E-state index contributed by atoms with van der Waals surface area (Å²) in [6.45, 7) is 4.70. The summed E-state index contributed by atoms with van der Waals surface area (Å²) in [4.78, 5) is 4.32. The van der Waals surface area contributed by atoms with E-state index in [9.17, 15) is 0 Å². The van der Waals surface area contributed by atoms with E-state index in [-0.39, 0.29) is 0 Å². The third-order valence-electron chi connectivity index (χ3n) is 2.70. The molecule has 0 aliphatic heterocycles. The molecule has 1 aromatic carbocycles. The summed E-state index contributed by atoms with van der Waals surface area (Å²) in [5.74, 6) is 2.46. The molecule has 0 radical (unpaired) electrons. The SMILES string of the molecule is COc1ccc(NCc2nc(CC(C)C)no2)cc1Cl. The molecule has 6 heteroatoms. The molecular formula is C14H18ClN3O2. The minimum Gasteiger partial charge on any atom is -0.495 e. The van der Waals surface area contributed by atoms with E-state index < -0.39 is 0 Å². The fourth-order valence-corrected chi connectivity index (χ4v) is 2.02. The maximum absolute atomic E-state index is 6.06. The first-order valence-electron chi connectivity index (χ1n) is 6.47. The number of ether oxygens (including phenoxy) is 1. The molecule has 0 fully saturated rings. The molecular weight excluding hydrogens is 278 g/mol. The Kier molecular flexibility index (Phi) is 4.84. The van der Waals surface area contributed by atoms with Gasteiger partial charge in [0.05, 0.1) is 18.7 Å². The Hall–Kier alpha value is -1.75. The monoisotopic (exact) mass is 295 g/mol. The number of nitrogens with zero attached hydrogens (tertiary/aromatic N) is 2. The van der Waals surface area contributed by atoms with Crippen LogP contribution in [-0.4, -0.2) is 17.3 Å². The van der Waals surface area contributed by atoms with Crippen molar-refractivity contribution in [3.05, 3.63) is 34.9 Å². The van der Waals surface area contributed by atoms with Gasteiger partial charge in [-0.3, -0.25) is 0 Å². The lowest BCUT2D eigenvalue weighted by molar-refractivity contribution is 0.375. The number of anilines is 1. The Morgan fingerprint density at radius 2 is 2.20 bits per heavy atom. The normalized spacial score (nSPS) is 10.8. The van der Waals surface area contributed by atoms with Crippen molar-refractivity contribution in [3.8, 4) is 5.75 Å². The van der Waals surface area contributed by atoms with Crippen molar-refractivity contribution < 1.29 is 9.26 Å². The number of nitrogens with one attached hydrogen (secondary N) is 1. The average Bonchev–Trinajstić information content (AvgIpc) is 2.83. The standard InChI is InChI=1S/C14H18ClN3O2/c1-9(2)6-13-17-14(20-18-13)8-16-10-4-5-12(19-3)11(15)7-10/h4-5,7,9,16H,6,8H2,1-3H3. The molecule has 1 heterocycles. The van der Waals surface area contributed by atoms with Crippen molar-refractivity contribution in [2.45, 2.75) is 26.8 Å². The molecule has 1 aromatic heterocycles. The highest BCUT2D eigenvalue weighted by atomic mass is 35.5. The summed E-state index contributed by atoms with van der Waals surface area (Å²) >= 11 is 6.06. The summed E-state index contributed by atoms with van der Waals surface area (Å²) in [5.41, 5.74) is 0.874. The van der Waals surface area contributed by atoms with Crippen LogP contribution in [0.15, 0.2) is 22.7 Å². The smallest absolute Gasteiger partial charge is 0.245 e. The van der Waals surface area contributed by atoms with Gasteiger partial charge in [-0.05, 0) is 24.1 Å².